The normalized spacial score (nSPS) is 17.6. The van der Waals surface area contributed by atoms with Crippen molar-refractivity contribution in [3.05, 3.63) is 60.3 Å². The molecule has 0 saturated heterocycles. The molecule has 2 aliphatic rings. The molecule has 5 rings (SSSR count). The van der Waals surface area contributed by atoms with E-state index in [9.17, 15) is 4.79 Å². The highest BCUT2D eigenvalue weighted by molar-refractivity contribution is 5.99. The number of rotatable bonds is 3. The monoisotopic (exact) mass is 330 g/mol. The van der Waals surface area contributed by atoms with Crippen molar-refractivity contribution in [1.29, 1.82) is 0 Å². The molecule has 0 radical (unpaired) electrons. The van der Waals surface area contributed by atoms with E-state index in [1.165, 1.54) is 40.6 Å². The van der Waals surface area contributed by atoms with Crippen LogP contribution in [0.2, 0.25) is 0 Å². The van der Waals surface area contributed by atoms with E-state index in [-0.39, 0.29) is 5.91 Å². The van der Waals surface area contributed by atoms with Crippen molar-refractivity contribution in [2.45, 2.75) is 25.8 Å². The van der Waals surface area contributed by atoms with Gasteiger partial charge in [-0.05, 0) is 30.4 Å². The lowest BCUT2D eigenvalue weighted by molar-refractivity contribution is -0.131. The third kappa shape index (κ3) is 2.55. The van der Waals surface area contributed by atoms with Gasteiger partial charge in [0.05, 0.1) is 0 Å². The molecule has 0 unspecified atom stereocenters. The van der Waals surface area contributed by atoms with Gasteiger partial charge in [0.2, 0.25) is 5.91 Å². The molecular weight excluding hydrogens is 308 g/mol. The van der Waals surface area contributed by atoms with Crippen LogP contribution in [0, 0.1) is 5.92 Å². The summed E-state index contributed by atoms with van der Waals surface area (Å²) in [4.78, 5) is 14.9. The lowest BCUT2D eigenvalue weighted by Crippen LogP contribution is -2.34. The highest BCUT2D eigenvalue weighted by atomic mass is 16.2. The Kier molecular flexibility index (Phi) is 3.40. The Morgan fingerprint density at radius 3 is 2.52 bits per heavy atom. The van der Waals surface area contributed by atoms with Crippen LogP contribution in [-0.4, -0.2) is 28.5 Å². The van der Waals surface area contributed by atoms with Gasteiger partial charge in [-0.3, -0.25) is 4.79 Å². The van der Waals surface area contributed by atoms with Gasteiger partial charge >= 0.3 is 0 Å². The molecule has 0 spiro atoms. The van der Waals surface area contributed by atoms with Crippen LogP contribution < -0.4 is 0 Å². The summed E-state index contributed by atoms with van der Waals surface area (Å²) in [6.45, 7) is 2.25. The van der Waals surface area contributed by atoms with Crippen LogP contribution in [-0.2, 0) is 17.8 Å². The molecule has 1 aliphatic carbocycles. The maximum absolute atomic E-state index is 12.8. The van der Waals surface area contributed by atoms with Crippen molar-refractivity contribution in [2.75, 3.05) is 13.1 Å². The molecule has 1 fully saturated rings. The number of benzene rings is 2. The van der Waals surface area contributed by atoms with E-state index in [1.807, 2.05) is 0 Å². The van der Waals surface area contributed by atoms with Crippen molar-refractivity contribution in [2.24, 2.45) is 5.92 Å². The van der Waals surface area contributed by atoms with Crippen LogP contribution in [0.1, 0.15) is 18.5 Å². The Morgan fingerprint density at radius 2 is 1.72 bits per heavy atom. The SMILES string of the molecule is O=C1Cn2c(c(-c3ccccc3)c3ccccc32)CCN1CC1CC1. The van der Waals surface area contributed by atoms with Gasteiger partial charge < -0.3 is 9.47 Å². The molecule has 3 heteroatoms. The molecule has 1 saturated carbocycles. The molecule has 1 aromatic heterocycles. The standard InChI is InChI=1S/C22H22N2O/c25-21-15-24-19-9-5-4-8-18(19)22(17-6-2-1-3-7-17)20(24)12-13-23(21)14-16-10-11-16/h1-9,16H,10-15H2. The van der Waals surface area contributed by atoms with Crippen LogP contribution in [0.5, 0.6) is 0 Å². The fourth-order valence-corrected chi connectivity index (χ4v) is 4.13. The quantitative estimate of drug-likeness (QED) is 0.710. The molecule has 0 atom stereocenters. The van der Waals surface area contributed by atoms with Crippen molar-refractivity contribution < 1.29 is 4.79 Å². The first-order chi connectivity index (χ1) is 12.3. The Hall–Kier alpha value is -2.55. The third-order valence-corrected chi connectivity index (χ3v) is 5.58. The number of amides is 1. The lowest BCUT2D eigenvalue weighted by atomic mass is 10.0. The number of carbonyl (C=O) groups is 1. The van der Waals surface area contributed by atoms with E-state index in [1.54, 1.807) is 0 Å². The van der Waals surface area contributed by atoms with Gasteiger partial charge in [-0.1, -0.05) is 48.5 Å². The van der Waals surface area contributed by atoms with Crippen LogP contribution >= 0.6 is 0 Å². The fourth-order valence-electron chi connectivity index (χ4n) is 4.13. The Balaban J connectivity index is 1.65. The topological polar surface area (TPSA) is 25.2 Å². The summed E-state index contributed by atoms with van der Waals surface area (Å²) >= 11 is 0. The fraction of sp³-hybridized carbons (Fsp3) is 0.318. The van der Waals surface area contributed by atoms with Gasteiger partial charge in [-0.2, -0.15) is 0 Å². The van der Waals surface area contributed by atoms with Gasteiger partial charge in [-0.25, -0.2) is 0 Å². The first-order valence-corrected chi connectivity index (χ1v) is 9.24. The van der Waals surface area contributed by atoms with E-state index in [0.29, 0.717) is 6.54 Å². The Bertz CT molecular complexity index is 937. The van der Waals surface area contributed by atoms with Gasteiger partial charge in [0, 0.05) is 41.7 Å². The maximum Gasteiger partial charge on any atom is 0.242 e. The number of para-hydroxylation sites is 1. The number of aromatic nitrogens is 1. The second-order valence-corrected chi connectivity index (χ2v) is 7.32. The van der Waals surface area contributed by atoms with Crippen molar-refractivity contribution in [3.63, 3.8) is 0 Å². The zero-order valence-corrected chi connectivity index (χ0v) is 14.3. The molecule has 25 heavy (non-hydrogen) atoms. The predicted molar refractivity (Wildman–Crippen MR) is 100 cm³/mol. The van der Waals surface area contributed by atoms with E-state index in [4.69, 9.17) is 0 Å². The molecular formula is C22H22N2O. The highest BCUT2D eigenvalue weighted by Gasteiger charge is 2.30. The smallest absolute Gasteiger partial charge is 0.242 e. The van der Waals surface area contributed by atoms with Gasteiger partial charge in [0.1, 0.15) is 6.54 Å². The lowest BCUT2D eigenvalue weighted by Gasteiger charge is -2.20. The second-order valence-electron chi connectivity index (χ2n) is 7.32. The summed E-state index contributed by atoms with van der Waals surface area (Å²) in [5.74, 6) is 1.01. The number of nitrogens with zero attached hydrogens (tertiary/aromatic N) is 2. The predicted octanol–water partition coefficient (Wildman–Crippen LogP) is 4.10. The summed E-state index contributed by atoms with van der Waals surface area (Å²) in [5.41, 5.74) is 5.03. The first-order valence-electron chi connectivity index (χ1n) is 9.24. The zero-order chi connectivity index (χ0) is 16.8. The number of carbonyl (C=O) groups excluding carboxylic acids is 1. The minimum atomic E-state index is 0.269. The van der Waals surface area contributed by atoms with Crippen molar-refractivity contribution >= 4 is 16.8 Å². The average molecular weight is 330 g/mol. The van der Waals surface area contributed by atoms with E-state index in [0.717, 1.165) is 25.4 Å². The van der Waals surface area contributed by atoms with Crippen LogP contribution in [0.25, 0.3) is 22.0 Å². The second kappa shape index (κ2) is 5.76. The minimum Gasteiger partial charge on any atom is -0.340 e. The van der Waals surface area contributed by atoms with Crippen LogP contribution in [0.3, 0.4) is 0 Å². The van der Waals surface area contributed by atoms with E-state index in [2.05, 4.69) is 64.1 Å². The third-order valence-electron chi connectivity index (χ3n) is 5.58. The molecule has 126 valence electrons. The van der Waals surface area contributed by atoms with Crippen LogP contribution in [0.15, 0.2) is 54.6 Å². The highest BCUT2D eigenvalue weighted by Crippen LogP contribution is 2.37. The summed E-state index contributed by atoms with van der Waals surface area (Å²) < 4.78 is 2.26. The molecule has 2 aromatic carbocycles. The number of hydrogen-bond acceptors (Lipinski definition) is 1. The average Bonchev–Trinajstić information content (AvgIpc) is 3.43. The largest absolute Gasteiger partial charge is 0.340 e. The van der Waals surface area contributed by atoms with Gasteiger partial charge in [0.25, 0.3) is 0 Å². The zero-order valence-electron chi connectivity index (χ0n) is 14.3. The number of fused-ring (bicyclic) bond motifs is 3. The van der Waals surface area contributed by atoms with Crippen molar-refractivity contribution in [3.8, 4) is 11.1 Å². The van der Waals surface area contributed by atoms with E-state index < -0.39 is 0 Å². The molecule has 3 aromatic rings. The Morgan fingerprint density at radius 1 is 0.960 bits per heavy atom. The summed E-state index contributed by atoms with van der Waals surface area (Å²) in [6.07, 6.45) is 3.50. The summed E-state index contributed by atoms with van der Waals surface area (Å²) in [5, 5.41) is 1.26. The van der Waals surface area contributed by atoms with Gasteiger partial charge in [0.15, 0.2) is 0 Å². The molecule has 2 heterocycles. The van der Waals surface area contributed by atoms with Gasteiger partial charge in [-0.15, -0.1) is 0 Å². The van der Waals surface area contributed by atoms with E-state index >= 15 is 0 Å². The molecule has 0 bridgehead atoms. The molecule has 0 N–H and O–H groups in total. The summed E-state index contributed by atoms with van der Waals surface area (Å²) in [6, 6.07) is 19.1. The molecule has 1 aliphatic heterocycles. The molecule has 1 amide bonds. The Labute approximate surface area is 147 Å². The summed E-state index contributed by atoms with van der Waals surface area (Å²) in [7, 11) is 0. The van der Waals surface area contributed by atoms with Crippen molar-refractivity contribution in [1.82, 2.24) is 9.47 Å². The minimum absolute atomic E-state index is 0.269. The maximum atomic E-state index is 12.8. The van der Waals surface area contributed by atoms with Crippen LogP contribution in [0.4, 0.5) is 0 Å². The number of hydrogen-bond donors (Lipinski definition) is 0. The first kappa shape index (κ1) is 14.8. The molecule has 3 nitrogen and oxygen atoms in total.